The van der Waals surface area contributed by atoms with E-state index in [0.29, 0.717) is 11.1 Å². The number of nitrogens with zero attached hydrogens (tertiary/aromatic N) is 1. The molecule has 0 amide bonds. The second kappa shape index (κ2) is 6.62. The van der Waals surface area contributed by atoms with Gasteiger partial charge in [-0.3, -0.25) is 4.79 Å². The number of methoxy groups -OCH3 is 1. The monoisotopic (exact) mass is 345 g/mol. The number of rotatable bonds is 3. The van der Waals surface area contributed by atoms with Gasteiger partial charge in [0.1, 0.15) is 11.2 Å². The summed E-state index contributed by atoms with van der Waals surface area (Å²) in [5.74, 6) is -0.375. The van der Waals surface area contributed by atoms with Gasteiger partial charge >= 0.3 is 11.6 Å². The first-order chi connectivity index (χ1) is 11.4. The predicted octanol–water partition coefficient (Wildman–Crippen LogP) is 3.89. The topological polar surface area (TPSA) is 69.4 Å². The number of esters is 1. The summed E-state index contributed by atoms with van der Waals surface area (Å²) >= 11 is 0. The lowest BCUT2D eigenvalue weighted by Crippen LogP contribution is -2.19. The number of aromatic nitrogens is 1. The van der Waals surface area contributed by atoms with E-state index in [4.69, 9.17) is 4.42 Å². The van der Waals surface area contributed by atoms with Gasteiger partial charge in [-0.05, 0) is 22.5 Å². The number of ether oxygens (including phenoxy) is 1. The summed E-state index contributed by atoms with van der Waals surface area (Å²) in [6.07, 6.45) is 0.306. The third-order valence-corrected chi connectivity index (χ3v) is 4.22. The Balaban J connectivity index is 2.67. The third kappa shape index (κ3) is 4.27. The Hall–Kier alpha value is -2.17. The normalized spacial score (nSPS) is 12.4. The van der Waals surface area contributed by atoms with Crippen molar-refractivity contribution in [3.8, 4) is 0 Å². The van der Waals surface area contributed by atoms with Crippen molar-refractivity contribution in [3.63, 3.8) is 0 Å². The molecule has 2 aromatic rings. The van der Waals surface area contributed by atoms with E-state index in [-0.39, 0.29) is 35.3 Å². The molecule has 5 heteroatoms. The van der Waals surface area contributed by atoms with Crippen molar-refractivity contribution in [2.24, 2.45) is 0 Å². The molecule has 0 bridgehead atoms. The fraction of sp³-hybridized carbons (Fsp3) is 0.550. The standard InChI is InChI=1S/C20H27NO4/c1-19(2,3)12-10-13(20(4,5)6)17-15(11-12)21-14(18(23)25-17)8-9-16(22)24-7/h10-11H,8-9H2,1-7H3. The molecule has 1 aromatic carbocycles. The summed E-state index contributed by atoms with van der Waals surface area (Å²) in [7, 11) is 1.32. The van der Waals surface area contributed by atoms with Gasteiger partial charge in [-0.25, -0.2) is 9.78 Å². The van der Waals surface area contributed by atoms with Gasteiger partial charge in [0.05, 0.1) is 13.5 Å². The lowest BCUT2D eigenvalue weighted by atomic mass is 9.80. The zero-order valence-corrected chi connectivity index (χ0v) is 16.1. The van der Waals surface area contributed by atoms with Crippen LogP contribution in [-0.4, -0.2) is 18.1 Å². The Labute approximate surface area is 148 Å². The number of carbonyl (C=O) groups is 1. The van der Waals surface area contributed by atoms with Gasteiger partial charge in [0.2, 0.25) is 0 Å². The summed E-state index contributed by atoms with van der Waals surface area (Å²) < 4.78 is 10.2. The van der Waals surface area contributed by atoms with E-state index in [1.54, 1.807) is 0 Å². The van der Waals surface area contributed by atoms with E-state index in [0.717, 1.165) is 11.1 Å². The number of benzene rings is 1. The van der Waals surface area contributed by atoms with E-state index >= 15 is 0 Å². The van der Waals surface area contributed by atoms with Crippen LogP contribution in [0.4, 0.5) is 0 Å². The maximum atomic E-state index is 12.3. The summed E-state index contributed by atoms with van der Waals surface area (Å²) in [6, 6.07) is 4.07. The summed E-state index contributed by atoms with van der Waals surface area (Å²) in [4.78, 5) is 28.2. The highest BCUT2D eigenvalue weighted by molar-refractivity contribution is 5.78. The number of hydrogen-bond acceptors (Lipinski definition) is 5. The van der Waals surface area contributed by atoms with Crippen molar-refractivity contribution in [3.05, 3.63) is 39.4 Å². The molecule has 0 unspecified atom stereocenters. The van der Waals surface area contributed by atoms with Crippen molar-refractivity contribution >= 4 is 17.1 Å². The molecule has 0 N–H and O–H groups in total. The van der Waals surface area contributed by atoms with E-state index in [1.165, 1.54) is 7.11 Å². The summed E-state index contributed by atoms with van der Waals surface area (Å²) in [6.45, 7) is 12.7. The lowest BCUT2D eigenvalue weighted by molar-refractivity contribution is -0.140. The highest BCUT2D eigenvalue weighted by Gasteiger charge is 2.25. The molecule has 0 aliphatic rings. The van der Waals surface area contributed by atoms with Crippen molar-refractivity contribution in [2.75, 3.05) is 7.11 Å². The van der Waals surface area contributed by atoms with Crippen molar-refractivity contribution in [2.45, 2.75) is 65.2 Å². The fourth-order valence-electron chi connectivity index (χ4n) is 2.62. The molecule has 0 aliphatic carbocycles. The molecule has 0 saturated heterocycles. The zero-order chi connectivity index (χ0) is 19.0. The minimum Gasteiger partial charge on any atom is -0.469 e. The fourth-order valence-corrected chi connectivity index (χ4v) is 2.62. The molecule has 0 spiro atoms. The molecule has 0 fully saturated rings. The molecule has 25 heavy (non-hydrogen) atoms. The van der Waals surface area contributed by atoms with Crippen LogP contribution in [0.5, 0.6) is 0 Å². The predicted molar refractivity (Wildman–Crippen MR) is 98.0 cm³/mol. The number of aryl methyl sites for hydroxylation is 1. The molecule has 5 nitrogen and oxygen atoms in total. The Morgan fingerprint density at radius 2 is 1.76 bits per heavy atom. The van der Waals surface area contributed by atoms with Gasteiger partial charge in [-0.15, -0.1) is 0 Å². The summed E-state index contributed by atoms with van der Waals surface area (Å²) in [5.41, 5.74) is 2.77. The Kier molecular flexibility index (Phi) is 5.07. The maximum absolute atomic E-state index is 12.3. The zero-order valence-electron chi connectivity index (χ0n) is 16.1. The molecule has 0 atom stereocenters. The van der Waals surface area contributed by atoms with Crippen LogP contribution in [0.3, 0.4) is 0 Å². The molecule has 0 radical (unpaired) electrons. The van der Waals surface area contributed by atoms with E-state index in [2.05, 4.69) is 57.3 Å². The molecule has 1 aromatic heterocycles. The van der Waals surface area contributed by atoms with Gasteiger partial charge < -0.3 is 9.15 Å². The Bertz CT molecular complexity index is 851. The second-order valence-electron chi connectivity index (χ2n) is 8.40. The van der Waals surface area contributed by atoms with Crippen LogP contribution in [0.2, 0.25) is 0 Å². The van der Waals surface area contributed by atoms with Crippen LogP contribution in [-0.2, 0) is 26.8 Å². The molecular formula is C20H27NO4. The van der Waals surface area contributed by atoms with Crippen LogP contribution in [0.1, 0.15) is 64.8 Å². The van der Waals surface area contributed by atoms with Crippen LogP contribution in [0, 0.1) is 0 Å². The lowest BCUT2D eigenvalue weighted by Gasteiger charge is -2.25. The van der Waals surface area contributed by atoms with Crippen molar-refractivity contribution in [1.29, 1.82) is 0 Å². The van der Waals surface area contributed by atoms with Crippen molar-refractivity contribution < 1.29 is 13.9 Å². The molecule has 1 heterocycles. The average Bonchev–Trinajstić information content (AvgIpc) is 2.49. The molecule has 136 valence electrons. The molecule has 2 rings (SSSR count). The Morgan fingerprint density at radius 1 is 1.12 bits per heavy atom. The SMILES string of the molecule is COC(=O)CCc1nc2cc(C(C)(C)C)cc(C(C)(C)C)c2oc1=O. The quantitative estimate of drug-likeness (QED) is 0.789. The average molecular weight is 345 g/mol. The van der Waals surface area contributed by atoms with E-state index in [9.17, 15) is 9.59 Å². The van der Waals surface area contributed by atoms with Gasteiger partial charge in [-0.2, -0.15) is 0 Å². The van der Waals surface area contributed by atoms with Gasteiger partial charge in [0.15, 0.2) is 5.58 Å². The van der Waals surface area contributed by atoms with Crippen LogP contribution in [0.25, 0.3) is 11.1 Å². The first-order valence-electron chi connectivity index (χ1n) is 8.49. The number of fused-ring (bicyclic) bond motifs is 1. The minimum absolute atomic E-state index is 0.0574. The highest BCUT2D eigenvalue weighted by atomic mass is 16.5. The number of hydrogen-bond donors (Lipinski definition) is 0. The highest BCUT2D eigenvalue weighted by Crippen LogP contribution is 2.34. The van der Waals surface area contributed by atoms with Crippen LogP contribution >= 0.6 is 0 Å². The largest absolute Gasteiger partial charge is 0.469 e. The van der Waals surface area contributed by atoms with Crippen LogP contribution < -0.4 is 5.63 Å². The molecular weight excluding hydrogens is 318 g/mol. The van der Waals surface area contributed by atoms with Gasteiger partial charge in [-0.1, -0.05) is 47.6 Å². The maximum Gasteiger partial charge on any atom is 0.358 e. The molecule has 0 saturated carbocycles. The van der Waals surface area contributed by atoms with E-state index < -0.39 is 5.63 Å². The molecule has 0 aliphatic heterocycles. The van der Waals surface area contributed by atoms with Gasteiger partial charge in [0.25, 0.3) is 0 Å². The smallest absolute Gasteiger partial charge is 0.358 e. The van der Waals surface area contributed by atoms with E-state index in [1.807, 2.05) is 6.07 Å². The van der Waals surface area contributed by atoms with Crippen molar-refractivity contribution in [1.82, 2.24) is 4.98 Å². The van der Waals surface area contributed by atoms with Gasteiger partial charge in [0, 0.05) is 12.0 Å². The summed E-state index contributed by atoms with van der Waals surface area (Å²) in [5, 5.41) is 0. The second-order valence-corrected chi connectivity index (χ2v) is 8.40. The first kappa shape index (κ1) is 19.2. The third-order valence-electron chi connectivity index (χ3n) is 4.22. The van der Waals surface area contributed by atoms with Crippen LogP contribution in [0.15, 0.2) is 21.3 Å². The number of carbonyl (C=O) groups excluding carboxylic acids is 1. The first-order valence-corrected chi connectivity index (χ1v) is 8.49. The minimum atomic E-state index is -0.495. The Morgan fingerprint density at radius 3 is 2.28 bits per heavy atom.